The number of hydrogen-bond donors (Lipinski definition) is 2. The van der Waals surface area contributed by atoms with Crippen molar-refractivity contribution in [1.82, 2.24) is 9.38 Å². The summed E-state index contributed by atoms with van der Waals surface area (Å²) in [6.07, 6.45) is 1.33. The Kier molecular flexibility index (Phi) is 8.45. The topological polar surface area (TPSA) is 119 Å². The van der Waals surface area contributed by atoms with Gasteiger partial charge in [0.15, 0.2) is 4.96 Å². The summed E-state index contributed by atoms with van der Waals surface area (Å²) in [5.74, 6) is -1.94. The molecule has 0 bridgehead atoms. The fourth-order valence-electron chi connectivity index (χ4n) is 3.71. The van der Waals surface area contributed by atoms with Crippen LogP contribution in [0.3, 0.4) is 0 Å². The third-order valence-corrected chi connectivity index (χ3v) is 6.73. The van der Waals surface area contributed by atoms with E-state index in [1.807, 2.05) is 6.92 Å². The van der Waals surface area contributed by atoms with E-state index in [4.69, 9.17) is 27.9 Å². The lowest BCUT2D eigenvalue weighted by molar-refractivity contribution is 0.0526. The molecule has 0 fully saturated rings. The zero-order chi connectivity index (χ0) is 27.4. The summed E-state index contributed by atoms with van der Waals surface area (Å²) < 4.78 is 6.12. The molecule has 4 aromatic rings. The van der Waals surface area contributed by atoms with Gasteiger partial charge in [-0.05, 0) is 49.7 Å². The van der Waals surface area contributed by atoms with E-state index < -0.39 is 23.3 Å². The Morgan fingerprint density at radius 1 is 0.974 bits per heavy atom. The average molecular weight is 573 g/mol. The van der Waals surface area contributed by atoms with Crippen LogP contribution in [-0.2, 0) is 11.2 Å². The number of aryl methyl sites for hydroxylation is 1. The first-order valence-electron chi connectivity index (χ1n) is 11.6. The lowest BCUT2D eigenvalue weighted by atomic mass is 10.2. The maximum Gasteiger partial charge on any atom is 0.338 e. The minimum absolute atomic E-state index is 0.0432. The maximum absolute atomic E-state index is 13.5. The van der Waals surface area contributed by atoms with Crippen molar-refractivity contribution in [3.05, 3.63) is 90.8 Å². The van der Waals surface area contributed by atoms with Gasteiger partial charge in [0, 0.05) is 33.2 Å². The van der Waals surface area contributed by atoms with Gasteiger partial charge in [0.2, 0.25) is 0 Å². The summed E-state index contributed by atoms with van der Waals surface area (Å²) >= 11 is 13.0. The Balaban J connectivity index is 1.77. The van der Waals surface area contributed by atoms with Crippen LogP contribution in [0, 0.1) is 0 Å². The van der Waals surface area contributed by atoms with E-state index in [2.05, 4.69) is 15.6 Å². The first-order chi connectivity index (χ1) is 18.2. The number of esters is 1. The van der Waals surface area contributed by atoms with Crippen LogP contribution in [0.25, 0.3) is 4.96 Å². The zero-order valence-electron chi connectivity index (χ0n) is 20.3. The number of nitrogens with zero attached hydrogens (tertiary/aromatic N) is 2. The van der Waals surface area contributed by atoms with Crippen LogP contribution in [0.4, 0.5) is 11.4 Å². The Hall–Kier alpha value is -3.73. The fourth-order valence-corrected chi connectivity index (χ4v) is 5.28. The number of rotatable bonds is 8. The predicted molar refractivity (Wildman–Crippen MR) is 148 cm³/mol. The number of anilines is 2. The molecule has 0 radical (unpaired) electrons. The molecular weight excluding hydrogens is 551 g/mol. The molecule has 12 heteroatoms. The number of nitrogens with one attached hydrogen (secondary N) is 2. The van der Waals surface area contributed by atoms with Gasteiger partial charge >= 0.3 is 5.97 Å². The van der Waals surface area contributed by atoms with Crippen molar-refractivity contribution in [1.29, 1.82) is 0 Å². The monoisotopic (exact) mass is 572 g/mol. The number of ether oxygens (including phenoxy) is 1. The molecule has 4 rings (SSSR count). The lowest BCUT2D eigenvalue weighted by Crippen LogP contribution is -2.25. The van der Waals surface area contributed by atoms with E-state index in [0.29, 0.717) is 27.8 Å². The molecule has 2 N–H and O–H groups in total. The van der Waals surface area contributed by atoms with Crippen LogP contribution < -0.4 is 16.2 Å². The third kappa shape index (κ3) is 6.04. The highest BCUT2D eigenvalue weighted by atomic mass is 35.5. The largest absolute Gasteiger partial charge is 0.462 e. The number of carbonyl (C=O) groups excluding carboxylic acids is 3. The molecule has 2 aromatic heterocycles. The highest BCUT2D eigenvalue weighted by Crippen LogP contribution is 2.27. The lowest BCUT2D eigenvalue weighted by Gasteiger charge is -2.10. The smallest absolute Gasteiger partial charge is 0.338 e. The normalized spacial score (nSPS) is 10.8. The molecule has 9 nitrogen and oxygen atoms in total. The SMILES string of the molecule is CCCc1cc(=O)n2c(C(=O)Nc3cccc(C(=O)OCC)c3)c(C(=O)Nc3cc(Cl)cc(Cl)c3)sc2n1. The molecule has 0 atom stereocenters. The first kappa shape index (κ1) is 27.3. The number of benzene rings is 2. The number of fused-ring (bicyclic) bond motifs is 1. The second kappa shape index (κ2) is 11.8. The van der Waals surface area contributed by atoms with Crippen molar-refractivity contribution in [2.75, 3.05) is 17.2 Å². The van der Waals surface area contributed by atoms with Gasteiger partial charge in [-0.3, -0.25) is 14.4 Å². The molecule has 0 spiro atoms. The van der Waals surface area contributed by atoms with Gasteiger partial charge in [-0.1, -0.05) is 53.9 Å². The Morgan fingerprint density at radius 3 is 2.37 bits per heavy atom. The number of carbonyl (C=O) groups is 3. The Morgan fingerprint density at radius 2 is 1.68 bits per heavy atom. The minimum atomic E-state index is -0.737. The van der Waals surface area contributed by atoms with Crippen molar-refractivity contribution in [2.45, 2.75) is 26.7 Å². The molecule has 0 aliphatic heterocycles. The maximum atomic E-state index is 13.5. The summed E-state index contributed by atoms with van der Waals surface area (Å²) in [4.78, 5) is 56.7. The van der Waals surface area contributed by atoms with Gasteiger partial charge in [-0.15, -0.1) is 0 Å². The summed E-state index contributed by atoms with van der Waals surface area (Å²) in [7, 11) is 0. The molecule has 2 amide bonds. The number of halogens is 2. The Labute approximate surface area is 231 Å². The van der Waals surface area contributed by atoms with Gasteiger partial charge < -0.3 is 15.4 Å². The van der Waals surface area contributed by atoms with Crippen LogP contribution in [0.5, 0.6) is 0 Å². The fraction of sp³-hybridized carbons (Fsp3) is 0.192. The van der Waals surface area contributed by atoms with Crippen molar-refractivity contribution < 1.29 is 19.1 Å². The van der Waals surface area contributed by atoms with Gasteiger partial charge in [0.1, 0.15) is 10.6 Å². The van der Waals surface area contributed by atoms with Gasteiger partial charge in [-0.2, -0.15) is 0 Å². The van der Waals surface area contributed by atoms with E-state index in [1.54, 1.807) is 25.1 Å². The highest BCUT2D eigenvalue weighted by molar-refractivity contribution is 7.19. The first-order valence-corrected chi connectivity index (χ1v) is 13.2. The molecule has 0 unspecified atom stereocenters. The van der Waals surface area contributed by atoms with Crippen LogP contribution in [-0.4, -0.2) is 33.8 Å². The molecule has 0 aliphatic rings. The molecule has 196 valence electrons. The number of thiazole rings is 1. The van der Waals surface area contributed by atoms with E-state index in [-0.39, 0.29) is 33.4 Å². The zero-order valence-corrected chi connectivity index (χ0v) is 22.7. The highest BCUT2D eigenvalue weighted by Gasteiger charge is 2.27. The summed E-state index contributed by atoms with van der Waals surface area (Å²) in [5.41, 5.74) is 0.685. The van der Waals surface area contributed by atoms with Gasteiger partial charge in [-0.25, -0.2) is 14.2 Å². The van der Waals surface area contributed by atoms with Crippen molar-refractivity contribution in [3.63, 3.8) is 0 Å². The number of amides is 2. The Bertz CT molecular complexity index is 1590. The van der Waals surface area contributed by atoms with Crippen molar-refractivity contribution in [3.8, 4) is 0 Å². The van der Waals surface area contributed by atoms with Gasteiger partial charge in [0.25, 0.3) is 17.4 Å². The quantitative estimate of drug-likeness (QED) is 0.261. The van der Waals surface area contributed by atoms with Crippen molar-refractivity contribution in [2.24, 2.45) is 0 Å². The second-order valence-corrected chi connectivity index (χ2v) is 9.95. The van der Waals surface area contributed by atoms with Crippen LogP contribution >= 0.6 is 34.5 Å². The van der Waals surface area contributed by atoms with Crippen molar-refractivity contribution >= 4 is 68.7 Å². The summed E-state index contributed by atoms with van der Waals surface area (Å²) in [6, 6.07) is 12.0. The molecule has 2 heterocycles. The predicted octanol–water partition coefficient (Wildman–Crippen LogP) is 5.70. The minimum Gasteiger partial charge on any atom is -0.462 e. The molecule has 38 heavy (non-hydrogen) atoms. The van der Waals surface area contributed by atoms with Crippen LogP contribution in [0.2, 0.25) is 10.0 Å². The average Bonchev–Trinajstić information content (AvgIpc) is 3.24. The molecule has 0 saturated heterocycles. The van der Waals surface area contributed by atoms with E-state index in [1.165, 1.54) is 30.3 Å². The number of hydrogen-bond acceptors (Lipinski definition) is 7. The standard InChI is InChI=1S/C26H22Cl2N4O5S/c1-3-6-17-13-20(33)32-21(23(34)29-18-8-5-7-14(9-18)25(36)37-4-2)22(38-26(32)31-17)24(35)30-19-11-15(27)10-16(28)12-19/h5,7-13H,3-4,6H2,1-2H3,(H,29,34)(H,30,35). The van der Waals surface area contributed by atoms with Crippen LogP contribution in [0.15, 0.2) is 53.3 Å². The van der Waals surface area contributed by atoms with E-state index in [9.17, 15) is 19.2 Å². The third-order valence-electron chi connectivity index (χ3n) is 5.25. The van der Waals surface area contributed by atoms with E-state index in [0.717, 1.165) is 22.2 Å². The van der Waals surface area contributed by atoms with Gasteiger partial charge in [0.05, 0.1) is 12.2 Å². The molecular formula is C26H22Cl2N4O5S. The van der Waals surface area contributed by atoms with Crippen LogP contribution in [0.1, 0.15) is 56.5 Å². The summed E-state index contributed by atoms with van der Waals surface area (Å²) in [5, 5.41) is 5.97. The molecule has 0 aliphatic carbocycles. The van der Waals surface area contributed by atoms with E-state index >= 15 is 0 Å². The second-order valence-electron chi connectivity index (χ2n) is 8.10. The number of aromatic nitrogens is 2. The summed E-state index contributed by atoms with van der Waals surface area (Å²) in [6.45, 7) is 3.84. The molecule has 0 saturated carbocycles. The molecule has 2 aromatic carbocycles.